The zero-order valence-electron chi connectivity index (χ0n) is 11.8. The second-order valence-electron chi connectivity index (χ2n) is 4.50. The van der Waals surface area contributed by atoms with E-state index in [-0.39, 0.29) is 4.90 Å². The summed E-state index contributed by atoms with van der Waals surface area (Å²) < 4.78 is 33.6. The molecule has 0 atom stereocenters. The van der Waals surface area contributed by atoms with Gasteiger partial charge in [0, 0.05) is 10.5 Å². The van der Waals surface area contributed by atoms with Gasteiger partial charge in [-0.05, 0) is 41.5 Å². The van der Waals surface area contributed by atoms with E-state index in [1.165, 1.54) is 0 Å². The van der Waals surface area contributed by atoms with Gasteiger partial charge in [-0.25, -0.2) is 8.42 Å². The van der Waals surface area contributed by atoms with Gasteiger partial charge in [-0.1, -0.05) is 19.1 Å². The predicted molar refractivity (Wildman–Crippen MR) is 85.8 cm³/mol. The molecule has 1 heterocycles. The van der Waals surface area contributed by atoms with Crippen LogP contribution < -0.4 is 10.0 Å². The lowest BCUT2D eigenvalue weighted by Gasteiger charge is -2.08. The lowest BCUT2D eigenvalue weighted by Crippen LogP contribution is -2.14. The third-order valence-corrected chi connectivity index (χ3v) is 5.04. The van der Waals surface area contributed by atoms with Crippen molar-refractivity contribution in [3.63, 3.8) is 0 Å². The summed E-state index contributed by atoms with van der Waals surface area (Å²) in [7, 11) is -3.67. The van der Waals surface area contributed by atoms with Crippen molar-refractivity contribution in [1.82, 2.24) is 5.32 Å². The Morgan fingerprint density at radius 3 is 2.67 bits per heavy atom. The first-order chi connectivity index (χ1) is 9.94. The van der Waals surface area contributed by atoms with E-state index in [9.17, 15) is 8.42 Å². The first kappa shape index (κ1) is 16.1. The first-order valence-electron chi connectivity index (χ1n) is 6.51. The number of nitrogens with one attached hydrogen (secondary N) is 2. The van der Waals surface area contributed by atoms with Crippen LogP contribution in [0.5, 0.6) is 0 Å². The standard InChI is InChI=1S/C14H17BrN2O3S/c1-3-16-9-11-8-14(10(2)20-11)21(18,19)17-13-7-5-4-6-12(13)15/h4-8,16-17H,3,9H2,1-2H3. The Balaban J connectivity index is 2.27. The van der Waals surface area contributed by atoms with Gasteiger partial charge >= 0.3 is 0 Å². The normalized spacial score (nSPS) is 11.6. The highest BCUT2D eigenvalue weighted by atomic mass is 79.9. The molecule has 0 aliphatic rings. The van der Waals surface area contributed by atoms with Gasteiger partial charge in [0.2, 0.25) is 0 Å². The fraction of sp³-hybridized carbons (Fsp3) is 0.286. The highest BCUT2D eigenvalue weighted by Gasteiger charge is 2.22. The average molecular weight is 373 g/mol. The highest BCUT2D eigenvalue weighted by molar-refractivity contribution is 9.10. The Labute approximate surface area is 132 Å². The van der Waals surface area contributed by atoms with E-state index >= 15 is 0 Å². The van der Waals surface area contributed by atoms with Crippen molar-refractivity contribution in [3.8, 4) is 0 Å². The van der Waals surface area contributed by atoms with E-state index in [1.807, 2.05) is 13.0 Å². The molecule has 1 aromatic heterocycles. The van der Waals surface area contributed by atoms with Gasteiger partial charge in [0.25, 0.3) is 10.0 Å². The number of halogens is 1. The molecule has 2 rings (SSSR count). The van der Waals surface area contributed by atoms with Gasteiger partial charge in [-0.3, -0.25) is 4.72 Å². The molecule has 0 radical (unpaired) electrons. The molecular formula is C14H17BrN2O3S. The van der Waals surface area contributed by atoms with Gasteiger partial charge in [0.05, 0.1) is 12.2 Å². The predicted octanol–water partition coefficient (Wildman–Crippen LogP) is 3.26. The molecule has 0 aliphatic carbocycles. The number of rotatable bonds is 6. The van der Waals surface area contributed by atoms with Gasteiger partial charge in [-0.2, -0.15) is 0 Å². The van der Waals surface area contributed by atoms with Crippen LogP contribution >= 0.6 is 15.9 Å². The number of aryl methyl sites for hydroxylation is 1. The summed E-state index contributed by atoms with van der Waals surface area (Å²) in [5.74, 6) is 0.976. The van der Waals surface area contributed by atoms with Crippen LogP contribution in [0.3, 0.4) is 0 Å². The molecule has 0 amide bonds. The zero-order chi connectivity index (χ0) is 15.5. The molecule has 5 nitrogen and oxygen atoms in total. The number of hydrogen-bond acceptors (Lipinski definition) is 4. The van der Waals surface area contributed by atoms with Crippen molar-refractivity contribution in [2.24, 2.45) is 0 Å². The fourth-order valence-corrected chi connectivity index (χ4v) is 3.67. The van der Waals surface area contributed by atoms with E-state index in [0.29, 0.717) is 28.2 Å². The maximum atomic E-state index is 12.4. The monoisotopic (exact) mass is 372 g/mol. The second-order valence-corrected chi connectivity index (χ2v) is 7.00. The molecule has 2 aromatic rings. The Bertz CT molecular complexity index is 726. The summed E-state index contributed by atoms with van der Waals surface area (Å²) in [5.41, 5.74) is 0.492. The molecule has 0 bridgehead atoms. The summed E-state index contributed by atoms with van der Waals surface area (Å²) in [6.45, 7) is 4.91. The number of para-hydroxylation sites is 1. The van der Waals surface area contributed by atoms with E-state index in [2.05, 4.69) is 26.0 Å². The van der Waals surface area contributed by atoms with E-state index < -0.39 is 10.0 Å². The van der Waals surface area contributed by atoms with E-state index in [4.69, 9.17) is 4.42 Å². The van der Waals surface area contributed by atoms with Crippen LogP contribution in [0, 0.1) is 6.92 Å². The number of furan rings is 1. The van der Waals surface area contributed by atoms with Gasteiger partial charge < -0.3 is 9.73 Å². The summed E-state index contributed by atoms with van der Waals surface area (Å²) in [6, 6.07) is 8.60. The van der Waals surface area contributed by atoms with Crippen LogP contribution in [0.15, 0.2) is 44.1 Å². The Morgan fingerprint density at radius 1 is 1.29 bits per heavy atom. The summed E-state index contributed by atoms with van der Waals surface area (Å²) in [6.07, 6.45) is 0. The van der Waals surface area contributed by atoms with Gasteiger partial charge in [-0.15, -0.1) is 0 Å². The van der Waals surface area contributed by atoms with Crippen LogP contribution in [0.25, 0.3) is 0 Å². The first-order valence-corrected chi connectivity index (χ1v) is 8.79. The lowest BCUT2D eigenvalue weighted by molar-refractivity contribution is 0.460. The van der Waals surface area contributed by atoms with Crippen LogP contribution in [0.1, 0.15) is 18.4 Å². The van der Waals surface area contributed by atoms with Gasteiger partial charge in [0.15, 0.2) is 0 Å². The third kappa shape index (κ3) is 3.87. The fourth-order valence-electron chi connectivity index (χ4n) is 1.87. The Kier molecular flexibility index (Phi) is 5.08. The van der Waals surface area contributed by atoms with Gasteiger partial charge in [0.1, 0.15) is 16.4 Å². The summed E-state index contributed by atoms with van der Waals surface area (Å²) in [5, 5.41) is 3.10. The maximum Gasteiger partial charge on any atom is 0.265 e. The molecule has 0 aliphatic heterocycles. The van der Waals surface area contributed by atoms with Crippen LogP contribution in [-0.4, -0.2) is 15.0 Å². The molecule has 0 unspecified atom stereocenters. The molecule has 0 spiro atoms. The third-order valence-electron chi connectivity index (χ3n) is 2.88. The minimum absolute atomic E-state index is 0.158. The maximum absolute atomic E-state index is 12.4. The van der Waals surface area contributed by atoms with Crippen molar-refractivity contribution in [1.29, 1.82) is 0 Å². The number of benzene rings is 1. The molecule has 21 heavy (non-hydrogen) atoms. The largest absolute Gasteiger partial charge is 0.464 e. The van der Waals surface area contributed by atoms with Crippen molar-refractivity contribution < 1.29 is 12.8 Å². The average Bonchev–Trinajstić information content (AvgIpc) is 2.81. The van der Waals surface area contributed by atoms with Crippen LogP contribution in [0.4, 0.5) is 5.69 Å². The molecule has 0 fully saturated rings. The topological polar surface area (TPSA) is 71.3 Å². The number of anilines is 1. The Hall–Kier alpha value is -1.31. The molecule has 0 saturated heterocycles. The van der Waals surface area contributed by atoms with Crippen LogP contribution in [0.2, 0.25) is 0 Å². The van der Waals surface area contributed by atoms with E-state index in [1.54, 1.807) is 31.2 Å². The smallest absolute Gasteiger partial charge is 0.265 e. The summed E-state index contributed by atoms with van der Waals surface area (Å²) >= 11 is 3.32. The van der Waals surface area contributed by atoms with E-state index in [0.717, 1.165) is 6.54 Å². The minimum Gasteiger partial charge on any atom is -0.464 e. The number of hydrogen-bond donors (Lipinski definition) is 2. The van der Waals surface area contributed by atoms with Crippen molar-refractivity contribution in [3.05, 3.63) is 46.3 Å². The summed E-state index contributed by atoms with van der Waals surface area (Å²) in [4.78, 5) is 0.158. The molecule has 0 saturated carbocycles. The van der Waals surface area contributed by atoms with Crippen molar-refractivity contribution >= 4 is 31.6 Å². The van der Waals surface area contributed by atoms with Crippen LogP contribution in [-0.2, 0) is 16.6 Å². The minimum atomic E-state index is -3.67. The lowest BCUT2D eigenvalue weighted by atomic mass is 10.3. The SMILES string of the molecule is CCNCc1cc(S(=O)(=O)Nc2ccccc2Br)c(C)o1. The quantitative estimate of drug-likeness (QED) is 0.816. The number of sulfonamides is 1. The zero-order valence-corrected chi connectivity index (χ0v) is 14.2. The highest BCUT2D eigenvalue weighted by Crippen LogP contribution is 2.27. The molecular weight excluding hydrogens is 356 g/mol. The second kappa shape index (κ2) is 6.64. The molecule has 1 aromatic carbocycles. The molecule has 114 valence electrons. The molecule has 2 N–H and O–H groups in total. The Morgan fingerprint density at radius 2 is 2.00 bits per heavy atom. The molecule has 7 heteroatoms. The van der Waals surface area contributed by atoms with Crippen molar-refractivity contribution in [2.45, 2.75) is 25.3 Å². The van der Waals surface area contributed by atoms with Crippen molar-refractivity contribution in [2.75, 3.05) is 11.3 Å².